The number of rotatable bonds is 4. The van der Waals surface area contributed by atoms with E-state index >= 15 is 0 Å². The lowest BCUT2D eigenvalue weighted by atomic mass is 10.2. The summed E-state index contributed by atoms with van der Waals surface area (Å²) in [5.74, 6) is -0.656. The number of thioether (sulfide) groups is 1. The molecule has 2 aliphatic heterocycles. The zero-order chi connectivity index (χ0) is 18.0. The lowest BCUT2D eigenvalue weighted by Gasteiger charge is -2.25. The Morgan fingerprint density at radius 2 is 2.24 bits per heavy atom. The predicted molar refractivity (Wildman–Crippen MR) is 86.3 cm³/mol. The Hall–Kier alpha value is -2.49. The number of furan rings is 1. The van der Waals surface area contributed by atoms with Crippen molar-refractivity contribution in [1.82, 2.24) is 15.1 Å². The summed E-state index contributed by atoms with van der Waals surface area (Å²) >= 11 is 1.38. The third-order valence-electron chi connectivity index (χ3n) is 3.92. The smallest absolute Gasteiger partial charge is 0.330 e. The summed E-state index contributed by atoms with van der Waals surface area (Å²) in [6.07, 6.45) is 1.50. The van der Waals surface area contributed by atoms with Gasteiger partial charge in [0.2, 0.25) is 5.91 Å². The van der Waals surface area contributed by atoms with Crippen LogP contribution in [0.15, 0.2) is 22.8 Å². The van der Waals surface area contributed by atoms with Gasteiger partial charge in [-0.1, -0.05) is 0 Å². The first-order valence-electron chi connectivity index (χ1n) is 7.67. The van der Waals surface area contributed by atoms with Gasteiger partial charge in [0.15, 0.2) is 6.61 Å². The highest BCUT2D eigenvalue weighted by atomic mass is 32.2. The highest BCUT2D eigenvalue weighted by Crippen LogP contribution is 2.41. The van der Waals surface area contributed by atoms with Crippen LogP contribution in [0.4, 0.5) is 4.79 Å². The number of carbonyl (C=O) groups excluding carboxylic acids is 4. The largest absolute Gasteiger partial charge is 0.466 e. The number of nitrogens with one attached hydrogen (secondary N) is 1. The van der Waals surface area contributed by atoms with Crippen LogP contribution < -0.4 is 5.32 Å². The number of hydrogen-bond acceptors (Lipinski definition) is 7. The number of ether oxygens (including phenoxy) is 1. The van der Waals surface area contributed by atoms with Crippen LogP contribution in [0, 0.1) is 0 Å². The third kappa shape index (κ3) is 3.48. The van der Waals surface area contributed by atoms with E-state index in [2.05, 4.69) is 5.32 Å². The maximum absolute atomic E-state index is 12.3. The second kappa shape index (κ2) is 7.18. The molecular formula is C15H17N3O6S. The molecule has 1 aromatic heterocycles. The molecule has 0 unspecified atom stereocenters. The van der Waals surface area contributed by atoms with E-state index in [0.717, 1.165) is 4.90 Å². The highest BCUT2D eigenvalue weighted by molar-refractivity contribution is 7.99. The predicted octanol–water partition coefficient (Wildman–Crippen LogP) is 0.337. The SMILES string of the molecule is CC(=O)N1[C@@H](C(=O)OCC(=O)N2CCNC2=O)CS[C@@H]1c1ccco1. The molecule has 10 heteroatoms. The number of nitrogens with zero attached hydrogens (tertiary/aromatic N) is 2. The van der Waals surface area contributed by atoms with E-state index < -0.39 is 35.9 Å². The molecule has 2 aliphatic rings. The Labute approximate surface area is 147 Å². The standard InChI is InChI=1S/C15H17N3O6S/c1-9(19)18-10(8-25-13(18)11-3-2-6-23-11)14(21)24-7-12(20)17-5-4-16-15(17)22/h2-3,6,10,13H,4-5,7-8H2,1H3,(H,16,22)/t10-,13-/m1/s1. The van der Waals surface area contributed by atoms with Crippen molar-refractivity contribution in [3.8, 4) is 0 Å². The van der Waals surface area contributed by atoms with E-state index in [1.54, 1.807) is 12.1 Å². The van der Waals surface area contributed by atoms with Crippen molar-refractivity contribution >= 4 is 35.6 Å². The molecule has 0 bridgehead atoms. The van der Waals surface area contributed by atoms with E-state index in [9.17, 15) is 19.2 Å². The molecule has 0 aliphatic carbocycles. The van der Waals surface area contributed by atoms with Crippen LogP contribution in [0.3, 0.4) is 0 Å². The lowest BCUT2D eigenvalue weighted by molar-refractivity contribution is -0.157. The van der Waals surface area contributed by atoms with Crippen LogP contribution >= 0.6 is 11.8 Å². The van der Waals surface area contributed by atoms with Gasteiger partial charge in [-0.3, -0.25) is 14.5 Å². The van der Waals surface area contributed by atoms with E-state index in [4.69, 9.17) is 9.15 Å². The molecule has 3 rings (SSSR count). The summed E-state index contributed by atoms with van der Waals surface area (Å²) in [4.78, 5) is 50.1. The molecule has 1 N–H and O–H groups in total. The van der Waals surface area contributed by atoms with Gasteiger partial charge < -0.3 is 19.4 Å². The molecule has 25 heavy (non-hydrogen) atoms. The molecule has 134 valence electrons. The molecule has 0 aromatic carbocycles. The third-order valence-corrected chi connectivity index (χ3v) is 5.20. The number of imide groups is 1. The lowest BCUT2D eigenvalue weighted by Crippen LogP contribution is -2.44. The molecule has 4 amide bonds. The van der Waals surface area contributed by atoms with Gasteiger partial charge in [-0.2, -0.15) is 0 Å². The number of urea groups is 1. The van der Waals surface area contributed by atoms with Gasteiger partial charge >= 0.3 is 12.0 Å². The Kier molecular flexibility index (Phi) is 4.98. The van der Waals surface area contributed by atoms with Crippen molar-refractivity contribution in [2.45, 2.75) is 18.3 Å². The molecule has 2 saturated heterocycles. The maximum atomic E-state index is 12.3. The molecule has 1 aromatic rings. The van der Waals surface area contributed by atoms with Crippen molar-refractivity contribution in [2.24, 2.45) is 0 Å². The molecule has 0 saturated carbocycles. The normalized spacial score (nSPS) is 22.8. The van der Waals surface area contributed by atoms with Gasteiger partial charge in [0.05, 0.1) is 6.26 Å². The zero-order valence-electron chi connectivity index (χ0n) is 13.5. The average molecular weight is 367 g/mol. The number of esters is 1. The van der Waals surface area contributed by atoms with Crippen LogP contribution in [0.2, 0.25) is 0 Å². The van der Waals surface area contributed by atoms with Gasteiger partial charge in [0, 0.05) is 25.8 Å². The Balaban J connectivity index is 1.62. The van der Waals surface area contributed by atoms with Crippen molar-refractivity contribution in [3.05, 3.63) is 24.2 Å². The summed E-state index contributed by atoms with van der Waals surface area (Å²) in [5.41, 5.74) is 0. The zero-order valence-corrected chi connectivity index (χ0v) is 14.3. The van der Waals surface area contributed by atoms with Crippen LogP contribution in [-0.4, -0.2) is 65.1 Å². The molecule has 0 radical (unpaired) electrons. The molecule has 2 fully saturated rings. The molecule has 2 atom stereocenters. The van der Waals surface area contributed by atoms with E-state index in [0.29, 0.717) is 18.1 Å². The molecule has 0 spiro atoms. The van der Waals surface area contributed by atoms with Crippen LogP contribution in [0.25, 0.3) is 0 Å². The summed E-state index contributed by atoms with van der Waals surface area (Å²) in [7, 11) is 0. The highest BCUT2D eigenvalue weighted by Gasteiger charge is 2.43. The van der Waals surface area contributed by atoms with Crippen molar-refractivity contribution in [3.63, 3.8) is 0 Å². The summed E-state index contributed by atoms with van der Waals surface area (Å²) < 4.78 is 10.4. The summed E-state index contributed by atoms with van der Waals surface area (Å²) in [6, 6.07) is 2.13. The monoisotopic (exact) mass is 367 g/mol. The fourth-order valence-electron chi connectivity index (χ4n) is 2.74. The first-order valence-corrected chi connectivity index (χ1v) is 8.72. The quantitative estimate of drug-likeness (QED) is 0.764. The van der Waals surface area contributed by atoms with Crippen molar-refractivity contribution in [2.75, 3.05) is 25.4 Å². The minimum Gasteiger partial charge on any atom is -0.466 e. The summed E-state index contributed by atoms with van der Waals surface area (Å²) in [6.45, 7) is 1.45. The van der Waals surface area contributed by atoms with Crippen molar-refractivity contribution < 1.29 is 28.3 Å². The Bertz CT molecular complexity index is 691. The molecular weight excluding hydrogens is 350 g/mol. The van der Waals surface area contributed by atoms with Gasteiger partial charge in [0.1, 0.15) is 17.2 Å². The van der Waals surface area contributed by atoms with Crippen LogP contribution in [-0.2, 0) is 19.1 Å². The Morgan fingerprint density at radius 1 is 1.44 bits per heavy atom. The van der Waals surface area contributed by atoms with Gasteiger partial charge in [-0.05, 0) is 12.1 Å². The number of carbonyl (C=O) groups is 4. The molecule has 3 heterocycles. The van der Waals surface area contributed by atoms with E-state index in [1.165, 1.54) is 29.8 Å². The fraction of sp³-hybridized carbons (Fsp3) is 0.467. The minimum absolute atomic E-state index is 0.245. The number of amides is 4. The minimum atomic E-state index is -0.808. The average Bonchev–Trinajstić information content (AvgIpc) is 3.30. The first-order chi connectivity index (χ1) is 12.0. The number of hydrogen-bond donors (Lipinski definition) is 1. The summed E-state index contributed by atoms with van der Waals surface area (Å²) in [5, 5.41) is 2.08. The maximum Gasteiger partial charge on any atom is 0.330 e. The van der Waals surface area contributed by atoms with E-state index in [1.807, 2.05) is 0 Å². The second-order valence-corrected chi connectivity index (χ2v) is 6.64. The van der Waals surface area contributed by atoms with E-state index in [-0.39, 0.29) is 12.5 Å². The van der Waals surface area contributed by atoms with Gasteiger partial charge in [-0.25, -0.2) is 9.59 Å². The first kappa shape index (κ1) is 17.3. The Morgan fingerprint density at radius 3 is 2.84 bits per heavy atom. The molecule has 9 nitrogen and oxygen atoms in total. The van der Waals surface area contributed by atoms with Crippen molar-refractivity contribution in [1.29, 1.82) is 0 Å². The fourth-order valence-corrected chi connectivity index (χ4v) is 4.16. The second-order valence-electron chi connectivity index (χ2n) is 5.53. The topological polar surface area (TPSA) is 109 Å². The van der Waals surface area contributed by atoms with Gasteiger partial charge in [-0.15, -0.1) is 11.8 Å². The van der Waals surface area contributed by atoms with Crippen LogP contribution in [0.5, 0.6) is 0 Å². The van der Waals surface area contributed by atoms with Gasteiger partial charge in [0.25, 0.3) is 5.91 Å². The van der Waals surface area contributed by atoms with Crippen LogP contribution in [0.1, 0.15) is 18.1 Å².